The standard InChI is InChI=1S/C23H35N3O8/c1-3-4-5-6-18(29)24-12-11-19(30)26-15-7-9-16(10-8-15)33-23-20(25-14(2)28)22(32)21(31)17(13-27)34-23/h7-10,17,20-23,27,31-32H,3-6,11-13H2,1-2H3,(H,24,29)(H,25,28)(H,26,30). The van der Waals surface area contributed by atoms with Crippen molar-refractivity contribution in [3.05, 3.63) is 24.3 Å². The van der Waals surface area contributed by atoms with Crippen molar-refractivity contribution in [2.75, 3.05) is 18.5 Å². The van der Waals surface area contributed by atoms with Gasteiger partial charge in [-0.05, 0) is 30.7 Å². The molecular weight excluding hydrogens is 446 g/mol. The molecule has 190 valence electrons. The van der Waals surface area contributed by atoms with Crippen LogP contribution in [0.5, 0.6) is 5.75 Å². The fourth-order valence-corrected chi connectivity index (χ4v) is 3.48. The van der Waals surface area contributed by atoms with Gasteiger partial charge in [-0.15, -0.1) is 0 Å². The monoisotopic (exact) mass is 481 g/mol. The number of benzene rings is 1. The zero-order chi connectivity index (χ0) is 25.1. The fraction of sp³-hybridized carbons (Fsp3) is 0.609. The highest BCUT2D eigenvalue weighted by Crippen LogP contribution is 2.25. The maximum absolute atomic E-state index is 12.1. The highest BCUT2D eigenvalue weighted by atomic mass is 16.7. The van der Waals surface area contributed by atoms with Crippen LogP contribution in [-0.2, 0) is 19.1 Å². The van der Waals surface area contributed by atoms with Crippen LogP contribution >= 0.6 is 0 Å². The highest BCUT2D eigenvalue weighted by Gasteiger charge is 2.46. The van der Waals surface area contributed by atoms with E-state index in [-0.39, 0.29) is 24.8 Å². The molecule has 3 amide bonds. The Hall–Kier alpha value is -2.73. The van der Waals surface area contributed by atoms with Crippen LogP contribution in [0.4, 0.5) is 5.69 Å². The Bertz CT molecular complexity index is 804. The number of unbranched alkanes of at least 4 members (excludes halogenated alkanes) is 2. The molecule has 11 heteroatoms. The van der Waals surface area contributed by atoms with E-state index in [0.29, 0.717) is 17.9 Å². The molecule has 5 unspecified atom stereocenters. The molecule has 5 atom stereocenters. The van der Waals surface area contributed by atoms with E-state index in [1.54, 1.807) is 24.3 Å². The van der Waals surface area contributed by atoms with Gasteiger partial charge in [0.25, 0.3) is 0 Å². The Kier molecular flexibility index (Phi) is 11.2. The maximum atomic E-state index is 12.1. The molecule has 34 heavy (non-hydrogen) atoms. The number of carbonyl (C=O) groups excluding carboxylic acids is 3. The van der Waals surface area contributed by atoms with E-state index in [0.717, 1.165) is 19.3 Å². The van der Waals surface area contributed by atoms with Gasteiger partial charge in [0.2, 0.25) is 24.0 Å². The molecule has 0 radical (unpaired) electrons. The van der Waals surface area contributed by atoms with Crippen molar-refractivity contribution < 1.29 is 39.2 Å². The Morgan fingerprint density at radius 2 is 1.74 bits per heavy atom. The highest BCUT2D eigenvalue weighted by molar-refractivity contribution is 5.91. The first-order valence-corrected chi connectivity index (χ1v) is 11.5. The summed E-state index contributed by atoms with van der Waals surface area (Å²) in [6.07, 6.45) is -1.60. The van der Waals surface area contributed by atoms with Crippen LogP contribution in [0, 0.1) is 0 Å². The fourth-order valence-electron chi connectivity index (χ4n) is 3.48. The van der Waals surface area contributed by atoms with Crippen molar-refractivity contribution in [1.29, 1.82) is 0 Å². The van der Waals surface area contributed by atoms with Crippen LogP contribution in [-0.4, -0.2) is 76.8 Å². The third-order valence-corrected chi connectivity index (χ3v) is 5.32. The number of hydrogen-bond acceptors (Lipinski definition) is 8. The van der Waals surface area contributed by atoms with E-state index >= 15 is 0 Å². The second kappa shape index (κ2) is 13.9. The minimum absolute atomic E-state index is 0.0636. The van der Waals surface area contributed by atoms with E-state index < -0.39 is 43.2 Å². The first kappa shape index (κ1) is 27.5. The van der Waals surface area contributed by atoms with Crippen molar-refractivity contribution in [3.8, 4) is 5.75 Å². The van der Waals surface area contributed by atoms with Gasteiger partial charge in [0, 0.05) is 32.0 Å². The van der Waals surface area contributed by atoms with Crippen LogP contribution in [0.15, 0.2) is 24.3 Å². The van der Waals surface area contributed by atoms with Gasteiger partial charge < -0.3 is 40.7 Å². The predicted octanol–water partition coefficient (Wildman–Crippen LogP) is 0.0342. The number of amides is 3. The molecule has 1 saturated heterocycles. The Labute approximate surface area is 198 Å². The zero-order valence-electron chi connectivity index (χ0n) is 19.5. The molecule has 1 heterocycles. The number of anilines is 1. The van der Waals surface area contributed by atoms with Gasteiger partial charge in [-0.25, -0.2) is 0 Å². The van der Waals surface area contributed by atoms with Crippen molar-refractivity contribution in [2.24, 2.45) is 0 Å². The first-order chi connectivity index (χ1) is 16.2. The third kappa shape index (κ3) is 8.56. The van der Waals surface area contributed by atoms with Gasteiger partial charge >= 0.3 is 0 Å². The van der Waals surface area contributed by atoms with E-state index in [4.69, 9.17) is 9.47 Å². The predicted molar refractivity (Wildman–Crippen MR) is 123 cm³/mol. The average Bonchev–Trinajstić information content (AvgIpc) is 2.80. The quantitative estimate of drug-likeness (QED) is 0.228. The summed E-state index contributed by atoms with van der Waals surface area (Å²) in [6.45, 7) is 3.02. The molecule has 0 bridgehead atoms. The van der Waals surface area contributed by atoms with Crippen LogP contribution in [0.25, 0.3) is 0 Å². The van der Waals surface area contributed by atoms with Gasteiger partial charge in [0.1, 0.15) is 30.1 Å². The summed E-state index contributed by atoms with van der Waals surface area (Å²) in [5, 5.41) is 37.7. The normalized spacial score (nSPS) is 24.2. The molecule has 0 aliphatic carbocycles. The summed E-state index contributed by atoms with van der Waals surface area (Å²) in [5.74, 6) is -0.456. The van der Waals surface area contributed by atoms with E-state index in [2.05, 4.69) is 22.9 Å². The smallest absolute Gasteiger partial charge is 0.226 e. The number of rotatable bonds is 12. The van der Waals surface area contributed by atoms with Crippen molar-refractivity contribution >= 4 is 23.4 Å². The second-order valence-electron chi connectivity index (χ2n) is 8.18. The molecule has 1 aliphatic rings. The zero-order valence-corrected chi connectivity index (χ0v) is 19.5. The van der Waals surface area contributed by atoms with E-state index in [9.17, 15) is 29.7 Å². The van der Waals surface area contributed by atoms with Crippen LogP contribution in [0.3, 0.4) is 0 Å². The molecule has 6 N–H and O–H groups in total. The lowest BCUT2D eigenvalue weighted by Crippen LogP contribution is -2.65. The minimum atomic E-state index is -1.41. The van der Waals surface area contributed by atoms with Gasteiger partial charge in [0.15, 0.2) is 0 Å². The number of aliphatic hydroxyl groups excluding tert-OH is 3. The SMILES string of the molecule is CCCCCC(=O)NCCC(=O)Nc1ccc(OC2OC(CO)C(O)C(O)C2NC(C)=O)cc1. The third-order valence-electron chi connectivity index (χ3n) is 5.32. The molecule has 0 aromatic heterocycles. The summed E-state index contributed by atoms with van der Waals surface area (Å²) in [4.78, 5) is 35.3. The Morgan fingerprint density at radius 3 is 2.35 bits per heavy atom. The largest absolute Gasteiger partial charge is 0.463 e. The lowest BCUT2D eigenvalue weighted by atomic mass is 9.97. The summed E-state index contributed by atoms with van der Waals surface area (Å²) in [5.41, 5.74) is 0.512. The topological polar surface area (TPSA) is 166 Å². The summed E-state index contributed by atoms with van der Waals surface area (Å²) < 4.78 is 11.3. The lowest BCUT2D eigenvalue weighted by Gasteiger charge is -2.42. The molecule has 0 saturated carbocycles. The van der Waals surface area contributed by atoms with Crippen LogP contribution in [0.1, 0.15) is 46.0 Å². The number of hydrogen-bond donors (Lipinski definition) is 6. The molecule has 1 fully saturated rings. The molecule has 0 spiro atoms. The molecule has 1 aromatic carbocycles. The summed E-state index contributed by atoms with van der Waals surface area (Å²) >= 11 is 0. The molecule has 1 aliphatic heterocycles. The Morgan fingerprint density at radius 1 is 1.03 bits per heavy atom. The molecular formula is C23H35N3O8. The van der Waals surface area contributed by atoms with E-state index in [1.807, 2.05) is 0 Å². The first-order valence-electron chi connectivity index (χ1n) is 11.5. The molecule has 11 nitrogen and oxygen atoms in total. The Balaban J connectivity index is 1.87. The number of aliphatic hydroxyl groups is 3. The molecule has 2 rings (SSSR count). The van der Waals surface area contributed by atoms with Crippen LogP contribution < -0.4 is 20.7 Å². The van der Waals surface area contributed by atoms with Crippen LogP contribution in [0.2, 0.25) is 0 Å². The van der Waals surface area contributed by atoms with Crippen molar-refractivity contribution in [3.63, 3.8) is 0 Å². The number of carbonyl (C=O) groups is 3. The van der Waals surface area contributed by atoms with Gasteiger partial charge in [-0.3, -0.25) is 14.4 Å². The minimum Gasteiger partial charge on any atom is -0.463 e. The summed E-state index contributed by atoms with van der Waals surface area (Å²) in [6, 6.07) is 5.25. The second-order valence-corrected chi connectivity index (χ2v) is 8.18. The maximum Gasteiger partial charge on any atom is 0.226 e. The van der Waals surface area contributed by atoms with Gasteiger partial charge in [-0.2, -0.15) is 0 Å². The van der Waals surface area contributed by atoms with E-state index in [1.165, 1.54) is 6.92 Å². The number of ether oxygens (including phenoxy) is 2. The molecule has 1 aromatic rings. The number of nitrogens with one attached hydrogen (secondary N) is 3. The van der Waals surface area contributed by atoms with Gasteiger partial charge in [-0.1, -0.05) is 19.8 Å². The van der Waals surface area contributed by atoms with Gasteiger partial charge in [0.05, 0.1) is 6.61 Å². The van der Waals surface area contributed by atoms with Crippen molar-refractivity contribution in [1.82, 2.24) is 10.6 Å². The average molecular weight is 482 g/mol. The lowest BCUT2D eigenvalue weighted by molar-refractivity contribution is -0.244. The summed E-state index contributed by atoms with van der Waals surface area (Å²) in [7, 11) is 0. The van der Waals surface area contributed by atoms with Crippen molar-refractivity contribution in [2.45, 2.75) is 76.6 Å².